The van der Waals surface area contributed by atoms with Gasteiger partial charge in [-0.3, -0.25) is 4.79 Å². The van der Waals surface area contributed by atoms with Crippen LogP contribution in [0.4, 0.5) is 4.39 Å². The minimum absolute atomic E-state index is 0.0617. The van der Waals surface area contributed by atoms with Gasteiger partial charge in [0.05, 0.1) is 6.42 Å². The zero-order chi connectivity index (χ0) is 9.84. The maximum absolute atomic E-state index is 12.9. The van der Waals surface area contributed by atoms with Crippen molar-refractivity contribution in [3.05, 3.63) is 29.6 Å². The molecule has 0 heterocycles. The summed E-state index contributed by atoms with van der Waals surface area (Å²) in [7, 11) is 0. The molecule has 0 saturated carbocycles. The van der Waals surface area contributed by atoms with E-state index in [2.05, 4.69) is 0 Å². The second kappa shape index (κ2) is 4.28. The van der Waals surface area contributed by atoms with Gasteiger partial charge >= 0.3 is 5.97 Å². The minimum Gasteiger partial charge on any atom is -0.481 e. The van der Waals surface area contributed by atoms with E-state index in [0.717, 1.165) is 0 Å². The lowest BCUT2D eigenvalue weighted by Crippen LogP contribution is -2.00. The van der Waals surface area contributed by atoms with Crippen LogP contribution in [0.1, 0.15) is 5.56 Å². The Bertz CT molecular complexity index is 325. The molecule has 0 aliphatic carbocycles. The monoisotopic (exact) mass is 200 g/mol. The van der Waals surface area contributed by atoms with Gasteiger partial charge in [0, 0.05) is 4.90 Å². The number of hydrogen-bond acceptors (Lipinski definition) is 2. The Morgan fingerprint density at radius 2 is 2.31 bits per heavy atom. The van der Waals surface area contributed by atoms with Crippen LogP contribution in [-0.4, -0.2) is 17.3 Å². The Labute approximate surface area is 79.8 Å². The molecule has 1 rings (SSSR count). The SMILES string of the molecule is CSc1cc(CC(=O)O)ccc1F. The van der Waals surface area contributed by atoms with E-state index in [1.807, 2.05) is 0 Å². The van der Waals surface area contributed by atoms with Gasteiger partial charge in [-0.05, 0) is 24.0 Å². The largest absolute Gasteiger partial charge is 0.481 e. The van der Waals surface area contributed by atoms with E-state index in [1.165, 1.54) is 23.9 Å². The summed E-state index contributed by atoms with van der Waals surface area (Å²) < 4.78 is 12.9. The van der Waals surface area contributed by atoms with Crippen LogP contribution in [0.25, 0.3) is 0 Å². The highest BCUT2D eigenvalue weighted by Gasteiger charge is 2.04. The predicted molar refractivity (Wildman–Crippen MR) is 49.5 cm³/mol. The number of rotatable bonds is 3. The van der Waals surface area contributed by atoms with Gasteiger partial charge in [-0.15, -0.1) is 11.8 Å². The van der Waals surface area contributed by atoms with Crippen LogP contribution < -0.4 is 0 Å². The lowest BCUT2D eigenvalue weighted by Gasteiger charge is -2.01. The summed E-state index contributed by atoms with van der Waals surface area (Å²) in [5.74, 6) is -1.21. The van der Waals surface area contributed by atoms with Gasteiger partial charge in [-0.25, -0.2) is 4.39 Å². The van der Waals surface area contributed by atoms with Gasteiger partial charge in [0.25, 0.3) is 0 Å². The number of carboxylic acid groups (broad SMARTS) is 1. The number of carbonyl (C=O) groups is 1. The first-order valence-corrected chi connectivity index (χ1v) is 4.90. The summed E-state index contributed by atoms with van der Waals surface area (Å²) in [5.41, 5.74) is 0.623. The van der Waals surface area contributed by atoms with Gasteiger partial charge in [0.1, 0.15) is 5.82 Å². The number of thioether (sulfide) groups is 1. The van der Waals surface area contributed by atoms with Crippen LogP contribution in [0.15, 0.2) is 23.1 Å². The van der Waals surface area contributed by atoms with Crippen molar-refractivity contribution in [2.24, 2.45) is 0 Å². The van der Waals surface area contributed by atoms with E-state index in [4.69, 9.17) is 5.11 Å². The quantitative estimate of drug-likeness (QED) is 0.760. The van der Waals surface area contributed by atoms with E-state index in [1.54, 1.807) is 12.3 Å². The molecule has 0 fully saturated rings. The molecule has 0 aliphatic heterocycles. The van der Waals surface area contributed by atoms with E-state index < -0.39 is 5.97 Å². The Hall–Kier alpha value is -1.03. The van der Waals surface area contributed by atoms with Crippen molar-refractivity contribution < 1.29 is 14.3 Å². The molecule has 0 saturated heterocycles. The first-order valence-electron chi connectivity index (χ1n) is 3.67. The zero-order valence-corrected chi connectivity index (χ0v) is 7.90. The molecule has 0 spiro atoms. The Balaban J connectivity index is 2.92. The average molecular weight is 200 g/mol. The normalized spacial score (nSPS) is 10.0. The smallest absolute Gasteiger partial charge is 0.307 e. The average Bonchev–Trinajstić information content (AvgIpc) is 2.07. The van der Waals surface area contributed by atoms with Crippen molar-refractivity contribution in [2.75, 3.05) is 6.26 Å². The van der Waals surface area contributed by atoms with Crippen molar-refractivity contribution in [1.29, 1.82) is 0 Å². The molecule has 13 heavy (non-hydrogen) atoms. The molecule has 4 heteroatoms. The molecule has 1 N–H and O–H groups in total. The number of carboxylic acids is 1. The molecule has 0 radical (unpaired) electrons. The van der Waals surface area contributed by atoms with Gasteiger partial charge < -0.3 is 5.11 Å². The molecule has 0 bridgehead atoms. The van der Waals surface area contributed by atoms with Gasteiger partial charge in [-0.1, -0.05) is 6.07 Å². The third kappa shape index (κ3) is 2.73. The molecule has 70 valence electrons. The maximum Gasteiger partial charge on any atom is 0.307 e. The molecule has 0 amide bonds. The highest BCUT2D eigenvalue weighted by Crippen LogP contribution is 2.20. The number of hydrogen-bond donors (Lipinski definition) is 1. The van der Waals surface area contributed by atoms with Gasteiger partial charge in [0.2, 0.25) is 0 Å². The molecule has 2 nitrogen and oxygen atoms in total. The third-order valence-electron chi connectivity index (χ3n) is 1.57. The summed E-state index contributed by atoms with van der Waals surface area (Å²) in [5, 5.41) is 8.50. The standard InChI is InChI=1S/C9H9FO2S/c1-13-8-4-6(5-9(11)12)2-3-7(8)10/h2-4H,5H2,1H3,(H,11,12). The first-order chi connectivity index (χ1) is 6.13. The van der Waals surface area contributed by atoms with Crippen LogP contribution in [0.3, 0.4) is 0 Å². The van der Waals surface area contributed by atoms with Crippen LogP contribution in [-0.2, 0) is 11.2 Å². The van der Waals surface area contributed by atoms with Crippen molar-refractivity contribution in [3.8, 4) is 0 Å². The molecular formula is C9H9FO2S. The predicted octanol–water partition coefficient (Wildman–Crippen LogP) is 2.17. The third-order valence-corrected chi connectivity index (χ3v) is 2.32. The Morgan fingerprint density at radius 1 is 1.62 bits per heavy atom. The second-order valence-electron chi connectivity index (χ2n) is 2.54. The van der Waals surface area contributed by atoms with Crippen molar-refractivity contribution in [2.45, 2.75) is 11.3 Å². The molecule has 0 aromatic heterocycles. The summed E-state index contributed by atoms with van der Waals surface area (Å²) in [6, 6.07) is 4.35. The summed E-state index contributed by atoms with van der Waals surface area (Å²) >= 11 is 1.27. The van der Waals surface area contributed by atoms with E-state index in [0.29, 0.717) is 10.5 Å². The molecule has 0 unspecified atom stereocenters. The number of aliphatic carboxylic acids is 1. The van der Waals surface area contributed by atoms with Crippen LogP contribution in [0.5, 0.6) is 0 Å². The lowest BCUT2D eigenvalue weighted by atomic mass is 10.1. The summed E-state index contributed by atoms with van der Waals surface area (Å²) in [6.45, 7) is 0. The maximum atomic E-state index is 12.9. The summed E-state index contributed by atoms with van der Waals surface area (Å²) in [4.78, 5) is 10.8. The van der Waals surface area contributed by atoms with E-state index in [-0.39, 0.29) is 12.2 Å². The van der Waals surface area contributed by atoms with Crippen LogP contribution >= 0.6 is 11.8 Å². The Morgan fingerprint density at radius 3 is 2.85 bits per heavy atom. The molecular weight excluding hydrogens is 191 g/mol. The van der Waals surface area contributed by atoms with Gasteiger partial charge in [0.15, 0.2) is 0 Å². The molecule has 1 aromatic carbocycles. The number of halogens is 1. The topological polar surface area (TPSA) is 37.3 Å². The Kier molecular flexibility index (Phi) is 3.31. The summed E-state index contributed by atoms with van der Waals surface area (Å²) in [6.07, 6.45) is 1.69. The fraction of sp³-hybridized carbons (Fsp3) is 0.222. The highest BCUT2D eigenvalue weighted by atomic mass is 32.2. The fourth-order valence-electron chi connectivity index (χ4n) is 0.989. The highest BCUT2D eigenvalue weighted by molar-refractivity contribution is 7.98. The minimum atomic E-state index is -0.904. The fourth-order valence-corrected chi connectivity index (χ4v) is 1.52. The lowest BCUT2D eigenvalue weighted by molar-refractivity contribution is -0.136. The second-order valence-corrected chi connectivity index (χ2v) is 3.39. The molecule has 0 atom stereocenters. The molecule has 1 aromatic rings. The van der Waals surface area contributed by atoms with Crippen molar-refractivity contribution >= 4 is 17.7 Å². The first kappa shape index (κ1) is 10.1. The number of benzene rings is 1. The molecule has 0 aliphatic rings. The van der Waals surface area contributed by atoms with Crippen molar-refractivity contribution in [1.82, 2.24) is 0 Å². The van der Waals surface area contributed by atoms with Crippen LogP contribution in [0, 0.1) is 5.82 Å². The van der Waals surface area contributed by atoms with E-state index in [9.17, 15) is 9.18 Å². The van der Waals surface area contributed by atoms with Crippen molar-refractivity contribution in [3.63, 3.8) is 0 Å². The van der Waals surface area contributed by atoms with Crippen LogP contribution in [0.2, 0.25) is 0 Å². The van der Waals surface area contributed by atoms with E-state index >= 15 is 0 Å². The van der Waals surface area contributed by atoms with Gasteiger partial charge in [-0.2, -0.15) is 0 Å². The zero-order valence-electron chi connectivity index (χ0n) is 7.08.